The van der Waals surface area contributed by atoms with E-state index in [0.717, 1.165) is 5.56 Å². The van der Waals surface area contributed by atoms with Crippen LogP contribution in [0.1, 0.15) is 26.3 Å². The quantitative estimate of drug-likeness (QED) is 0.453. The van der Waals surface area contributed by atoms with E-state index in [9.17, 15) is 9.90 Å². The third-order valence-corrected chi connectivity index (χ3v) is 3.35. The van der Waals surface area contributed by atoms with Crippen LogP contribution >= 0.6 is 0 Å². The number of nitrogens with one attached hydrogen (secondary N) is 2. The van der Waals surface area contributed by atoms with E-state index in [2.05, 4.69) is 5.32 Å². The van der Waals surface area contributed by atoms with E-state index in [1.54, 1.807) is 24.3 Å². The summed E-state index contributed by atoms with van der Waals surface area (Å²) in [4.78, 5) is 11.3. The molecule has 0 aliphatic rings. The summed E-state index contributed by atoms with van der Waals surface area (Å²) in [6.45, 7) is 6.75. The van der Waals surface area contributed by atoms with E-state index >= 15 is 0 Å². The van der Waals surface area contributed by atoms with Gasteiger partial charge in [-0.3, -0.25) is 10.2 Å². The first kappa shape index (κ1) is 18.0. The van der Waals surface area contributed by atoms with E-state index in [1.165, 1.54) is 0 Å². The second-order valence-electron chi connectivity index (χ2n) is 6.18. The van der Waals surface area contributed by atoms with Crippen LogP contribution in [0.3, 0.4) is 0 Å². The molecule has 0 fully saturated rings. The third kappa shape index (κ3) is 5.37. The topological polar surface area (TPSA) is 108 Å². The van der Waals surface area contributed by atoms with Crippen LogP contribution in [0.4, 0.5) is 0 Å². The molecule has 122 valence electrons. The van der Waals surface area contributed by atoms with Crippen molar-refractivity contribution in [3.63, 3.8) is 0 Å². The minimum absolute atomic E-state index is 0.112. The van der Waals surface area contributed by atoms with E-state index in [0.29, 0.717) is 24.7 Å². The molecule has 0 unspecified atom stereocenters. The monoisotopic (exact) mass is 307 g/mol. The van der Waals surface area contributed by atoms with Gasteiger partial charge in [-0.15, -0.1) is 0 Å². The number of amidine groups is 1. The highest BCUT2D eigenvalue weighted by molar-refractivity contribution is 5.96. The molecule has 0 saturated carbocycles. The summed E-state index contributed by atoms with van der Waals surface area (Å²) in [6.07, 6.45) is 0. The van der Waals surface area contributed by atoms with Gasteiger partial charge in [-0.25, -0.2) is 0 Å². The maximum atomic E-state index is 11.3. The molecule has 0 bridgehead atoms. The van der Waals surface area contributed by atoms with Crippen LogP contribution in [0.2, 0.25) is 0 Å². The Balaban J connectivity index is 2.64. The van der Waals surface area contributed by atoms with Crippen molar-refractivity contribution in [3.8, 4) is 5.75 Å². The third-order valence-electron chi connectivity index (χ3n) is 3.35. The zero-order valence-corrected chi connectivity index (χ0v) is 13.3. The predicted molar refractivity (Wildman–Crippen MR) is 86.4 cm³/mol. The van der Waals surface area contributed by atoms with Gasteiger partial charge in [0.25, 0.3) is 0 Å². The van der Waals surface area contributed by atoms with Gasteiger partial charge in [0.1, 0.15) is 18.2 Å². The molecule has 0 aliphatic heterocycles. The molecule has 22 heavy (non-hydrogen) atoms. The fourth-order valence-corrected chi connectivity index (χ4v) is 1.89. The van der Waals surface area contributed by atoms with Crippen molar-refractivity contribution >= 4 is 11.8 Å². The smallest absolute Gasteiger partial charge is 0.310 e. The standard InChI is InChI=1S/C16H25N3O3/c1-16(2,3)13(15(20)21)10-22-12-6-4-11(5-7-12)14(18)19-9-8-17/h4-7,13H,8-10,17H2,1-3H3,(H2,18,19)(H,20,21)/t13-/m0/s1. The van der Waals surface area contributed by atoms with E-state index in [1.807, 2.05) is 20.8 Å². The molecule has 0 saturated heterocycles. The lowest BCUT2D eigenvalue weighted by Crippen LogP contribution is -2.33. The van der Waals surface area contributed by atoms with Crippen molar-refractivity contribution in [3.05, 3.63) is 29.8 Å². The predicted octanol–water partition coefficient (Wildman–Crippen LogP) is 1.69. The van der Waals surface area contributed by atoms with Crippen LogP contribution in [0.15, 0.2) is 24.3 Å². The molecule has 6 nitrogen and oxygen atoms in total. The first-order valence-electron chi connectivity index (χ1n) is 7.24. The number of benzene rings is 1. The molecule has 5 N–H and O–H groups in total. The van der Waals surface area contributed by atoms with Crippen molar-refractivity contribution in [1.29, 1.82) is 5.41 Å². The molecule has 0 aliphatic carbocycles. The van der Waals surface area contributed by atoms with E-state index < -0.39 is 11.9 Å². The van der Waals surface area contributed by atoms with Gasteiger partial charge >= 0.3 is 5.97 Å². The number of carboxylic acids is 1. The number of aliphatic carboxylic acids is 1. The number of rotatable bonds is 7. The fourth-order valence-electron chi connectivity index (χ4n) is 1.89. The van der Waals surface area contributed by atoms with Gasteiger partial charge in [0.15, 0.2) is 0 Å². The van der Waals surface area contributed by atoms with Crippen molar-refractivity contribution in [2.75, 3.05) is 19.7 Å². The molecule has 0 heterocycles. The molecule has 1 aromatic rings. The van der Waals surface area contributed by atoms with Crippen LogP contribution < -0.4 is 15.8 Å². The lowest BCUT2D eigenvalue weighted by molar-refractivity contribution is -0.146. The zero-order chi connectivity index (χ0) is 16.8. The van der Waals surface area contributed by atoms with Crippen LogP contribution in [0.25, 0.3) is 0 Å². The van der Waals surface area contributed by atoms with E-state index in [-0.39, 0.29) is 12.0 Å². The van der Waals surface area contributed by atoms with Gasteiger partial charge < -0.3 is 20.9 Å². The van der Waals surface area contributed by atoms with Crippen molar-refractivity contribution < 1.29 is 14.6 Å². The Bertz CT molecular complexity index is 506. The number of hydrogen-bond acceptors (Lipinski definition) is 4. The van der Waals surface area contributed by atoms with Gasteiger partial charge in [0.05, 0.1) is 5.92 Å². The van der Waals surface area contributed by atoms with Gasteiger partial charge in [0, 0.05) is 18.7 Å². The van der Waals surface area contributed by atoms with Gasteiger partial charge in [-0.05, 0) is 29.7 Å². The zero-order valence-electron chi connectivity index (χ0n) is 13.3. The average Bonchev–Trinajstić information content (AvgIpc) is 2.43. The van der Waals surface area contributed by atoms with Crippen molar-refractivity contribution in [1.82, 2.24) is 5.32 Å². The first-order valence-corrected chi connectivity index (χ1v) is 7.24. The number of hydrogen-bond donors (Lipinski definition) is 4. The molecule has 0 aromatic heterocycles. The second-order valence-corrected chi connectivity index (χ2v) is 6.18. The summed E-state index contributed by atoms with van der Waals surface area (Å²) in [5.41, 5.74) is 5.73. The Morgan fingerprint density at radius 1 is 1.36 bits per heavy atom. The molecule has 0 amide bonds. The summed E-state index contributed by atoms with van der Waals surface area (Å²) in [5.74, 6) is -0.561. The Labute approximate surface area is 131 Å². The Morgan fingerprint density at radius 3 is 2.41 bits per heavy atom. The second kappa shape index (κ2) is 7.79. The minimum atomic E-state index is -0.864. The van der Waals surface area contributed by atoms with Gasteiger partial charge in [-0.1, -0.05) is 20.8 Å². The van der Waals surface area contributed by atoms with Gasteiger partial charge in [0.2, 0.25) is 0 Å². The number of carboxylic acid groups (broad SMARTS) is 1. The first-order chi connectivity index (χ1) is 10.3. The van der Waals surface area contributed by atoms with Crippen molar-refractivity contribution in [2.24, 2.45) is 17.1 Å². The minimum Gasteiger partial charge on any atom is -0.493 e. The van der Waals surface area contributed by atoms with Crippen LogP contribution in [-0.4, -0.2) is 36.6 Å². The molecular formula is C16H25N3O3. The average molecular weight is 307 g/mol. The molecule has 1 aromatic carbocycles. The number of ether oxygens (including phenoxy) is 1. The molecule has 0 radical (unpaired) electrons. The highest BCUT2D eigenvalue weighted by Crippen LogP contribution is 2.27. The molecular weight excluding hydrogens is 282 g/mol. The lowest BCUT2D eigenvalue weighted by Gasteiger charge is -2.26. The fraction of sp³-hybridized carbons (Fsp3) is 0.500. The number of nitrogens with two attached hydrogens (primary N) is 1. The van der Waals surface area contributed by atoms with Crippen LogP contribution in [0, 0.1) is 16.7 Å². The maximum Gasteiger partial charge on any atom is 0.310 e. The lowest BCUT2D eigenvalue weighted by atomic mass is 9.81. The highest BCUT2D eigenvalue weighted by Gasteiger charge is 2.31. The Morgan fingerprint density at radius 2 is 1.95 bits per heavy atom. The summed E-state index contributed by atoms with van der Waals surface area (Å²) >= 11 is 0. The Hall–Kier alpha value is -2.08. The van der Waals surface area contributed by atoms with E-state index in [4.69, 9.17) is 15.9 Å². The normalized spacial score (nSPS) is 12.5. The molecule has 0 spiro atoms. The summed E-state index contributed by atoms with van der Waals surface area (Å²) in [6, 6.07) is 6.98. The SMILES string of the molecule is CC(C)(C)[C@@H](COc1ccc(C(=N)NCCN)cc1)C(=O)O. The number of carbonyl (C=O) groups is 1. The maximum absolute atomic E-state index is 11.3. The van der Waals surface area contributed by atoms with Crippen molar-refractivity contribution in [2.45, 2.75) is 20.8 Å². The Kier molecular flexibility index (Phi) is 6.37. The van der Waals surface area contributed by atoms with Crippen LogP contribution in [-0.2, 0) is 4.79 Å². The largest absolute Gasteiger partial charge is 0.493 e. The summed E-state index contributed by atoms with van der Waals surface area (Å²) in [7, 11) is 0. The molecule has 1 rings (SSSR count). The molecule has 1 atom stereocenters. The van der Waals surface area contributed by atoms with Gasteiger partial charge in [-0.2, -0.15) is 0 Å². The highest BCUT2D eigenvalue weighted by atomic mass is 16.5. The molecule has 6 heteroatoms. The van der Waals surface area contributed by atoms with Crippen LogP contribution in [0.5, 0.6) is 5.75 Å². The summed E-state index contributed by atoms with van der Waals surface area (Å²) < 4.78 is 5.58. The summed E-state index contributed by atoms with van der Waals surface area (Å²) in [5, 5.41) is 20.0.